The van der Waals surface area contributed by atoms with Crippen molar-refractivity contribution in [3.8, 4) is 0 Å². The molecule has 0 aliphatic carbocycles. The highest BCUT2D eigenvalue weighted by Crippen LogP contribution is 2.26. The number of rotatable bonds is 10. The van der Waals surface area contributed by atoms with Crippen LogP contribution in [0.25, 0.3) is 0 Å². The van der Waals surface area contributed by atoms with Crippen LogP contribution in [0.3, 0.4) is 0 Å². The summed E-state index contributed by atoms with van der Waals surface area (Å²) in [6, 6.07) is 0. The number of hydrogen-bond acceptors (Lipinski definition) is 5. The Balaban J connectivity index is 1.69. The van der Waals surface area contributed by atoms with E-state index in [4.69, 9.17) is 19.2 Å². The van der Waals surface area contributed by atoms with E-state index in [1.807, 2.05) is 0 Å². The van der Waals surface area contributed by atoms with Crippen LogP contribution in [0.1, 0.15) is 39.0 Å². The Hall–Kier alpha value is -0.890. The number of likely N-dealkylation sites (N-methyl/N-ethyl adjacent to an activating group) is 1. The maximum Gasteiger partial charge on any atom is 0.191 e. The number of hydrogen-bond donors (Lipinski definition) is 2. The van der Waals surface area contributed by atoms with E-state index >= 15 is 0 Å². The zero-order valence-corrected chi connectivity index (χ0v) is 16.9. The van der Waals surface area contributed by atoms with E-state index < -0.39 is 0 Å². The Morgan fingerprint density at radius 1 is 1.23 bits per heavy atom. The third kappa shape index (κ3) is 7.02. The third-order valence-corrected chi connectivity index (χ3v) is 5.33. The first-order valence-corrected chi connectivity index (χ1v) is 10.1. The van der Waals surface area contributed by atoms with E-state index in [0.29, 0.717) is 6.10 Å². The minimum absolute atomic E-state index is 0.102. The largest absolute Gasteiger partial charge is 0.381 e. The molecule has 0 aromatic carbocycles. The van der Waals surface area contributed by atoms with Crippen molar-refractivity contribution in [1.82, 2.24) is 15.5 Å². The molecule has 0 saturated carbocycles. The van der Waals surface area contributed by atoms with Gasteiger partial charge in [-0.3, -0.25) is 4.99 Å². The van der Waals surface area contributed by atoms with E-state index in [2.05, 4.69) is 36.6 Å². The molecule has 26 heavy (non-hydrogen) atoms. The monoisotopic (exact) mass is 370 g/mol. The molecule has 2 fully saturated rings. The van der Waals surface area contributed by atoms with Gasteiger partial charge >= 0.3 is 0 Å². The summed E-state index contributed by atoms with van der Waals surface area (Å²) >= 11 is 0. The lowest BCUT2D eigenvalue weighted by atomic mass is 9.89. The molecule has 2 saturated heterocycles. The average molecular weight is 371 g/mol. The Kier molecular flexibility index (Phi) is 9.67. The lowest BCUT2D eigenvalue weighted by Gasteiger charge is -2.41. The summed E-state index contributed by atoms with van der Waals surface area (Å²) in [6.07, 6.45) is 5.62. The zero-order valence-electron chi connectivity index (χ0n) is 16.9. The van der Waals surface area contributed by atoms with Crippen LogP contribution in [0.5, 0.6) is 0 Å². The van der Waals surface area contributed by atoms with Crippen molar-refractivity contribution in [3.05, 3.63) is 0 Å². The molecule has 1 unspecified atom stereocenters. The molecule has 0 aromatic heterocycles. The molecule has 7 heteroatoms. The van der Waals surface area contributed by atoms with E-state index in [-0.39, 0.29) is 5.54 Å². The van der Waals surface area contributed by atoms with Crippen LogP contribution in [0.4, 0.5) is 0 Å². The van der Waals surface area contributed by atoms with Crippen LogP contribution in [-0.2, 0) is 14.2 Å². The van der Waals surface area contributed by atoms with Crippen molar-refractivity contribution in [1.29, 1.82) is 0 Å². The first-order chi connectivity index (χ1) is 12.7. The molecule has 0 spiro atoms. The van der Waals surface area contributed by atoms with Crippen LogP contribution < -0.4 is 10.6 Å². The van der Waals surface area contributed by atoms with E-state index in [1.54, 1.807) is 0 Å². The first-order valence-electron chi connectivity index (χ1n) is 10.1. The number of ether oxygens (including phenoxy) is 3. The third-order valence-electron chi connectivity index (χ3n) is 5.33. The van der Waals surface area contributed by atoms with Gasteiger partial charge in [0, 0.05) is 45.1 Å². The topological polar surface area (TPSA) is 67.4 Å². The molecule has 2 rings (SSSR count). The Labute approximate surface area is 158 Å². The standard InChI is InChI=1S/C19H38N4O3/c1-4-20-18(21-10-6-11-25-15-17-7-5-12-26-17)22-16-19(23(2)3)8-13-24-14-9-19/h17H,4-16H2,1-3H3,(H2,20,21,22). The molecular weight excluding hydrogens is 332 g/mol. The van der Waals surface area contributed by atoms with Gasteiger partial charge in [-0.2, -0.15) is 0 Å². The predicted octanol–water partition coefficient (Wildman–Crippen LogP) is 1.24. The number of guanidine groups is 1. The fourth-order valence-corrected chi connectivity index (χ4v) is 3.44. The number of nitrogens with zero attached hydrogens (tertiary/aromatic N) is 2. The maximum absolute atomic E-state index is 5.72. The van der Waals surface area contributed by atoms with Crippen LogP contribution in [0, 0.1) is 0 Å². The van der Waals surface area contributed by atoms with E-state index in [1.165, 1.54) is 6.42 Å². The quantitative estimate of drug-likeness (QED) is 0.343. The lowest BCUT2D eigenvalue weighted by molar-refractivity contribution is -0.00255. The highest BCUT2D eigenvalue weighted by atomic mass is 16.5. The molecule has 152 valence electrons. The molecule has 2 heterocycles. The van der Waals surface area contributed by atoms with Crippen molar-refractivity contribution in [2.75, 3.05) is 66.8 Å². The predicted molar refractivity (Wildman–Crippen MR) is 105 cm³/mol. The van der Waals surface area contributed by atoms with Crippen LogP contribution in [0.15, 0.2) is 4.99 Å². The van der Waals surface area contributed by atoms with Gasteiger partial charge in [-0.25, -0.2) is 0 Å². The van der Waals surface area contributed by atoms with Crippen molar-refractivity contribution >= 4 is 5.96 Å². The van der Waals surface area contributed by atoms with Crippen LogP contribution in [-0.4, -0.2) is 89.3 Å². The van der Waals surface area contributed by atoms with Gasteiger partial charge in [0.25, 0.3) is 0 Å². The summed E-state index contributed by atoms with van der Waals surface area (Å²) in [5, 5.41) is 6.77. The fraction of sp³-hybridized carbons (Fsp3) is 0.947. The molecule has 7 nitrogen and oxygen atoms in total. The molecule has 0 radical (unpaired) electrons. The van der Waals surface area contributed by atoms with Gasteiger partial charge in [0.2, 0.25) is 0 Å². The molecule has 0 aromatic rings. The minimum Gasteiger partial charge on any atom is -0.381 e. The normalized spacial score (nSPS) is 23.4. The highest BCUT2D eigenvalue weighted by Gasteiger charge is 2.34. The summed E-state index contributed by atoms with van der Waals surface area (Å²) in [6.45, 7) is 8.60. The Bertz CT molecular complexity index is 406. The summed E-state index contributed by atoms with van der Waals surface area (Å²) in [7, 11) is 4.29. The molecule has 1 atom stereocenters. The van der Waals surface area contributed by atoms with Gasteiger partial charge < -0.3 is 29.7 Å². The number of aliphatic imine (C=N–C) groups is 1. The van der Waals surface area contributed by atoms with Crippen molar-refractivity contribution < 1.29 is 14.2 Å². The summed E-state index contributed by atoms with van der Waals surface area (Å²) in [4.78, 5) is 7.15. The fourth-order valence-electron chi connectivity index (χ4n) is 3.44. The highest BCUT2D eigenvalue weighted by molar-refractivity contribution is 5.79. The second-order valence-electron chi connectivity index (χ2n) is 7.42. The first kappa shape index (κ1) is 21.4. The number of nitrogens with one attached hydrogen (secondary N) is 2. The Morgan fingerprint density at radius 2 is 2.04 bits per heavy atom. The Morgan fingerprint density at radius 3 is 2.69 bits per heavy atom. The van der Waals surface area contributed by atoms with Crippen molar-refractivity contribution in [2.24, 2.45) is 4.99 Å². The minimum atomic E-state index is 0.102. The summed E-state index contributed by atoms with van der Waals surface area (Å²) in [5.74, 6) is 0.888. The maximum atomic E-state index is 5.72. The smallest absolute Gasteiger partial charge is 0.191 e. The van der Waals surface area contributed by atoms with Crippen molar-refractivity contribution in [3.63, 3.8) is 0 Å². The van der Waals surface area contributed by atoms with Gasteiger partial charge in [-0.05, 0) is 53.1 Å². The van der Waals surface area contributed by atoms with Crippen molar-refractivity contribution in [2.45, 2.75) is 50.7 Å². The average Bonchev–Trinajstić information content (AvgIpc) is 3.16. The summed E-state index contributed by atoms with van der Waals surface area (Å²) < 4.78 is 16.8. The van der Waals surface area contributed by atoms with Crippen LogP contribution >= 0.6 is 0 Å². The SMILES string of the molecule is CCNC(=NCC1(N(C)C)CCOCC1)NCCCOCC1CCCO1. The van der Waals surface area contributed by atoms with Gasteiger partial charge in [0.1, 0.15) is 0 Å². The van der Waals surface area contributed by atoms with Gasteiger partial charge in [-0.15, -0.1) is 0 Å². The lowest BCUT2D eigenvalue weighted by Crippen LogP contribution is -2.51. The molecule has 0 amide bonds. The second-order valence-corrected chi connectivity index (χ2v) is 7.42. The van der Waals surface area contributed by atoms with E-state index in [0.717, 1.165) is 84.3 Å². The zero-order chi connectivity index (χ0) is 18.7. The summed E-state index contributed by atoms with van der Waals surface area (Å²) in [5.41, 5.74) is 0.102. The van der Waals surface area contributed by atoms with E-state index in [9.17, 15) is 0 Å². The van der Waals surface area contributed by atoms with Crippen LogP contribution in [0.2, 0.25) is 0 Å². The van der Waals surface area contributed by atoms with Gasteiger partial charge in [0.15, 0.2) is 5.96 Å². The molecular formula is C19H38N4O3. The molecule has 2 N–H and O–H groups in total. The molecule has 0 bridgehead atoms. The molecule has 2 aliphatic rings. The second kappa shape index (κ2) is 11.7. The van der Waals surface area contributed by atoms with Gasteiger partial charge in [0.05, 0.1) is 19.3 Å². The molecule has 2 aliphatic heterocycles. The van der Waals surface area contributed by atoms with Gasteiger partial charge in [-0.1, -0.05) is 0 Å².